The molecular formula is C11H21F3N2. The molecule has 1 aliphatic rings. The summed E-state index contributed by atoms with van der Waals surface area (Å²) in [5.41, 5.74) is 5.30. The lowest BCUT2D eigenvalue weighted by atomic mass is 10.1. The van der Waals surface area contributed by atoms with E-state index in [0.29, 0.717) is 6.54 Å². The third-order valence-electron chi connectivity index (χ3n) is 3.40. The van der Waals surface area contributed by atoms with Gasteiger partial charge in [0.05, 0.1) is 0 Å². The first-order valence-electron chi connectivity index (χ1n) is 6.03. The van der Waals surface area contributed by atoms with Crippen LogP contribution in [0, 0.1) is 0 Å². The SMILES string of the molecule is CCC1CCCCCN1C(CN)C(F)(F)F. The van der Waals surface area contributed by atoms with Gasteiger partial charge in [-0.3, -0.25) is 4.90 Å². The highest BCUT2D eigenvalue weighted by Crippen LogP contribution is 2.29. The summed E-state index contributed by atoms with van der Waals surface area (Å²) in [5.74, 6) is 0. The normalized spacial score (nSPS) is 26.4. The van der Waals surface area contributed by atoms with Crippen molar-refractivity contribution in [2.24, 2.45) is 5.73 Å². The van der Waals surface area contributed by atoms with Gasteiger partial charge in [-0.25, -0.2) is 0 Å². The molecule has 0 aliphatic carbocycles. The molecule has 2 atom stereocenters. The van der Waals surface area contributed by atoms with E-state index in [0.717, 1.165) is 32.1 Å². The van der Waals surface area contributed by atoms with Crippen molar-refractivity contribution in [3.8, 4) is 0 Å². The summed E-state index contributed by atoms with van der Waals surface area (Å²) < 4.78 is 38.5. The fourth-order valence-corrected chi connectivity index (χ4v) is 2.51. The topological polar surface area (TPSA) is 29.3 Å². The third-order valence-corrected chi connectivity index (χ3v) is 3.40. The molecule has 0 saturated carbocycles. The Morgan fingerprint density at radius 2 is 2.00 bits per heavy atom. The molecule has 0 radical (unpaired) electrons. The van der Waals surface area contributed by atoms with Crippen LogP contribution in [-0.4, -0.2) is 36.2 Å². The Labute approximate surface area is 95.0 Å². The summed E-state index contributed by atoms with van der Waals surface area (Å²) in [7, 11) is 0. The Bertz CT molecular complexity index is 206. The first-order valence-corrected chi connectivity index (χ1v) is 6.03. The number of nitrogens with two attached hydrogens (primary N) is 1. The molecule has 0 aromatic carbocycles. The molecule has 0 amide bonds. The number of rotatable bonds is 3. The van der Waals surface area contributed by atoms with Crippen LogP contribution in [0.5, 0.6) is 0 Å². The van der Waals surface area contributed by atoms with Crippen molar-refractivity contribution in [1.82, 2.24) is 4.90 Å². The maximum absolute atomic E-state index is 12.8. The lowest BCUT2D eigenvalue weighted by Crippen LogP contribution is -2.54. The lowest BCUT2D eigenvalue weighted by Gasteiger charge is -2.37. The molecule has 0 spiro atoms. The van der Waals surface area contributed by atoms with E-state index < -0.39 is 12.2 Å². The van der Waals surface area contributed by atoms with Crippen LogP contribution in [0.1, 0.15) is 39.0 Å². The molecule has 2 nitrogen and oxygen atoms in total. The van der Waals surface area contributed by atoms with Gasteiger partial charge < -0.3 is 5.73 Å². The standard InChI is InChI=1S/C11H21F3N2/c1-2-9-6-4-3-5-7-16(9)10(8-15)11(12,13)14/h9-10H,2-8,15H2,1H3. The minimum absolute atomic E-state index is 0.0395. The number of hydrogen-bond donors (Lipinski definition) is 1. The first-order chi connectivity index (χ1) is 7.50. The van der Waals surface area contributed by atoms with Gasteiger partial charge in [0, 0.05) is 12.6 Å². The van der Waals surface area contributed by atoms with E-state index in [-0.39, 0.29) is 12.6 Å². The number of likely N-dealkylation sites (tertiary alicyclic amines) is 1. The van der Waals surface area contributed by atoms with Crippen molar-refractivity contribution in [3.63, 3.8) is 0 Å². The molecule has 0 aromatic heterocycles. The van der Waals surface area contributed by atoms with Gasteiger partial charge in [-0.15, -0.1) is 0 Å². The first kappa shape index (κ1) is 13.8. The zero-order valence-electron chi connectivity index (χ0n) is 9.76. The summed E-state index contributed by atoms with van der Waals surface area (Å²) in [6.45, 7) is 2.15. The van der Waals surface area contributed by atoms with Crippen molar-refractivity contribution in [2.75, 3.05) is 13.1 Å². The van der Waals surface area contributed by atoms with Crippen molar-refractivity contribution in [2.45, 2.75) is 57.3 Å². The Hall–Kier alpha value is -0.290. The van der Waals surface area contributed by atoms with Crippen LogP contribution in [0.2, 0.25) is 0 Å². The second-order valence-corrected chi connectivity index (χ2v) is 4.44. The van der Waals surface area contributed by atoms with E-state index >= 15 is 0 Å². The van der Waals surface area contributed by atoms with Crippen LogP contribution in [0.3, 0.4) is 0 Å². The van der Waals surface area contributed by atoms with Crippen LogP contribution >= 0.6 is 0 Å². The Morgan fingerprint density at radius 3 is 2.50 bits per heavy atom. The molecule has 2 unspecified atom stereocenters. The van der Waals surface area contributed by atoms with Crippen molar-refractivity contribution in [1.29, 1.82) is 0 Å². The Balaban J connectivity index is 2.78. The third kappa shape index (κ3) is 3.35. The molecule has 1 heterocycles. The molecule has 96 valence electrons. The van der Waals surface area contributed by atoms with Gasteiger partial charge in [-0.05, 0) is 25.8 Å². The summed E-state index contributed by atoms with van der Waals surface area (Å²) in [6, 6.07) is -1.42. The monoisotopic (exact) mass is 238 g/mol. The van der Waals surface area contributed by atoms with Crippen LogP contribution in [0.15, 0.2) is 0 Å². The summed E-state index contributed by atoms with van der Waals surface area (Å²) in [6.07, 6.45) is 0.345. The predicted molar refractivity (Wildman–Crippen MR) is 58.2 cm³/mol. The van der Waals surface area contributed by atoms with E-state index in [9.17, 15) is 13.2 Å². The van der Waals surface area contributed by atoms with Gasteiger partial charge in [0.15, 0.2) is 0 Å². The largest absolute Gasteiger partial charge is 0.405 e. The highest BCUT2D eigenvalue weighted by Gasteiger charge is 2.44. The molecule has 1 rings (SSSR count). The molecule has 0 aromatic rings. The van der Waals surface area contributed by atoms with Gasteiger partial charge >= 0.3 is 6.18 Å². The van der Waals surface area contributed by atoms with Crippen molar-refractivity contribution in [3.05, 3.63) is 0 Å². The highest BCUT2D eigenvalue weighted by molar-refractivity contribution is 4.86. The average molecular weight is 238 g/mol. The number of hydrogen-bond acceptors (Lipinski definition) is 2. The van der Waals surface area contributed by atoms with Gasteiger partial charge in [0.25, 0.3) is 0 Å². The van der Waals surface area contributed by atoms with Gasteiger partial charge in [-0.1, -0.05) is 19.8 Å². The predicted octanol–water partition coefficient (Wildman–Crippen LogP) is 2.53. The van der Waals surface area contributed by atoms with Crippen LogP contribution in [0.4, 0.5) is 13.2 Å². The van der Waals surface area contributed by atoms with E-state index in [1.54, 1.807) is 4.90 Å². The lowest BCUT2D eigenvalue weighted by molar-refractivity contribution is -0.186. The molecule has 0 bridgehead atoms. The van der Waals surface area contributed by atoms with Gasteiger partial charge in [0.1, 0.15) is 6.04 Å². The van der Waals surface area contributed by atoms with Crippen LogP contribution in [0.25, 0.3) is 0 Å². The average Bonchev–Trinajstić information content (AvgIpc) is 2.42. The Kier molecular flexibility index (Phi) is 5.05. The minimum Gasteiger partial charge on any atom is -0.329 e. The molecular weight excluding hydrogens is 217 g/mol. The highest BCUT2D eigenvalue weighted by atomic mass is 19.4. The van der Waals surface area contributed by atoms with Gasteiger partial charge in [-0.2, -0.15) is 13.2 Å². The fraction of sp³-hybridized carbons (Fsp3) is 1.00. The second-order valence-electron chi connectivity index (χ2n) is 4.44. The number of alkyl halides is 3. The maximum Gasteiger partial charge on any atom is 0.405 e. The summed E-state index contributed by atoms with van der Waals surface area (Å²) >= 11 is 0. The fourth-order valence-electron chi connectivity index (χ4n) is 2.51. The minimum atomic E-state index is -4.20. The second kappa shape index (κ2) is 5.87. The zero-order chi connectivity index (χ0) is 12.2. The molecule has 1 fully saturated rings. The zero-order valence-corrected chi connectivity index (χ0v) is 9.76. The van der Waals surface area contributed by atoms with Crippen molar-refractivity contribution >= 4 is 0 Å². The number of halogens is 3. The molecule has 2 N–H and O–H groups in total. The van der Waals surface area contributed by atoms with E-state index in [2.05, 4.69) is 0 Å². The van der Waals surface area contributed by atoms with Crippen LogP contribution in [-0.2, 0) is 0 Å². The molecule has 5 heteroatoms. The summed E-state index contributed by atoms with van der Waals surface area (Å²) in [5, 5.41) is 0. The number of nitrogens with zero attached hydrogens (tertiary/aromatic N) is 1. The van der Waals surface area contributed by atoms with Crippen molar-refractivity contribution < 1.29 is 13.2 Å². The Morgan fingerprint density at radius 1 is 1.31 bits per heavy atom. The van der Waals surface area contributed by atoms with E-state index in [4.69, 9.17) is 5.73 Å². The van der Waals surface area contributed by atoms with E-state index in [1.807, 2.05) is 6.92 Å². The quantitative estimate of drug-likeness (QED) is 0.818. The summed E-state index contributed by atoms with van der Waals surface area (Å²) in [4.78, 5) is 1.58. The smallest absolute Gasteiger partial charge is 0.329 e. The van der Waals surface area contributed by atoms with Gasteiger partial charge in [0.2, 0.25) is 0 Å². The van der Waals surface area contributed by atoms with E-state index in [1.165, 1.54) is 0 Å². The maximum atomic E-state index is 12.8. The molecule has 1 aliphatic heterocycles. The van der Waals surface area contributed by atoms with Crippen LogP contribution < -0.4 is 5.73 Å². The molecule has 1 saturated heterocycles. The molecule has 16 heavy (non-hydrogen) atoms.